The number of Topliss-reactive ketones (excluding diaryl/α,β-unsaturated/α-hetero) is 1. The number of aromatic nitrogens is 2. The molecule has 170 valence electrons. The van der Waals surface area contributed by atoms with Crippen LogP contribution < -0.4 is 4.74 Å². The Balaban J connectivity index is 1.74. The van der Waals surface area contributed by atoms with E-state index in [1.54, 1.807) is 36.8 Å². The average molecular weight is 453 g/mol. The second-order valence-electron chi connectivity index (χ2n) is 8.28. The van der Waals surface area contributed by atoms with Gasteiger partial charge >= 0.3 is 0 Å². The van der Waals surface area contributed by atoms with Crippen molar-refractivity contribution in [3.05, 3.63) is 101 Å². The summed E-state index contributed by atoms with van der Waals surface area (Å²) in [5.74, 6) is -1.25. The summed E-state index contributed by atoms with van der Waals surface area (Å²) in [6, 6.07) is 15.8. The Morgan fingerprint density at radius 3 is 2.74 bits per heavy atom. The number of amides is 1. The Bertz CT molecular complexity index is 1440. The molecular weight excluding hydrogens is 430 g/mol. The van der Waals surface area contributed by atoms with Crippen molar-refractivity contribution in [2.75, 3.05) is 7.11 Å². The molecule has 5 rings (SSSR count). The Labute approximate surface area is 196 Å². The highest BCUT2D eigenvalue weighted by Crippen LogP contribution is 2.43. The second-order valence-corrected chi connectivity index (χ2v) is 8.28. The van der Waals surface area contributed by atoms with Gasteiger partial charge in [-0.25, -0.2) is 0 Å². The number of ketones is 1. The fraction of sp³-hybridized carbons (Fsp3) is 0.148. The molecule has 2 aromatic carbocycles. The van der Waals surface area contributed by atoms with Crippen LogP contribution in [-0.2, 0) is 16.1 Å². The van der Waals surface area contributed by atoms with Crippen LogP contribution in [0.2, 0.25) is 0 Å². The molecule has 0 bridgehead atoms. The molecule has 0 spiro atoms. The van der Waals surface area contributed by atoms with Crippen LogP contribution in [0.25, 0.3) is 16.7 Å². The zero-order valence-corrected chi connectivity index (χ0v) is 18.8. The van der Waals surface area contributed by atoms with Crippen molar-refractivity contribution in [1.82, 2.24) is 14.9 Å². The van der Waals surface area contributed by atoms with Crippen molar-refractivity contribution in [2.45, 2.75) is 19.5 Å². The molecule has 0 saturated carbocycles. The van der Waals surface area contributed by atoms with Gasteiger partial charge in [-0.05, 0) is 36.8 Å². The summed E-state index contributed by atoms with van der Waals surface area (Å²) in [6.07, 6.45) is 5.10. The highest BCUT2D eigenvalue weighted by molar-refractivity contribution is 6.46. The van der Waals surface area contributed by atoms with E-state index in [-0.39, 0.29) is 17.9 Å². The summed E-state index contributed by atoms with van der Waals surface area (Å²) < 4.78 is 5.44. The van der Waals surface area contributed by atoms with Crippen LogP contribution in [0.5, 0.6) is 5.75 Å². The van der Waals surface area contributed by atoms with Crippen LogP contribution in [0.15, 0.2) is 78.8 Å². The number of aliphatic hydroxyl groups is 1. The third-order valence-corrected chi connectivity index (χ3v) is 6.14. The standard InChI is InChI=1S/C27H23N3O4/c1-16-9-10-22(34-2)19(12-16)25(31)23-24(20-14-29-21-8-4-3-7-18(20)21)30(27(33)26(23)32)15-17-6-5-11-28-13-17/h3-14,24,29,31H,15H2,1-2H3/b25-23+. The first-order valence-corrected chi connectivity index (χ1v) is 10.9. The van der Waals surface area contributed by atoms with Crippen LogP contribution in [-0.4, -0.2) is 38.8 Å². The molecule has 3 heterocycles. The van der Waals surface area contributed by atoms with Crippen molar-refractivity contribution < 1.29 is 19.4 Å². The number of carbonyl (C=O) groups is 2. The summed E-state index contributed by atoms with van der Waals surface area (Å²) in [5, 5.41) is 12.3. The second kappa shape index (κ2) is 8.51. The number of H-pyrrole nitrogens is 1. The number of fused-ring (bicyclic) bond motifs is 1. The Morgan fingerprint density at radius 1 is 1.15 bits per heavy atom. The first kappa shape index (κ1) is 21.5. The van der Waals surface area contributed by atoms with Crippen LogP contribution in [0.4, 0.5) is 0 Å². The van der Waals surface area contributed by atoms with Gasteiger partial charge in [0, 0.05) is 41.6 Å². The number of hydrogen-bond donors (Lipinski definition) is 2. The summed E-state index contributed by atoms with van der Waals surface area (Å²) in [4.78, 5) is 35.5. The molecule has 1 unspecified atom stereocenters. The van der Waals surface area contributed by atoms with Gasteiger partial charge in [-0.1, -0.05) is 35.9 Å². The predicted molar refractivity (Wildman–Crippen MR) is 128 cm³/mol. The first-order valence-electron chi connectivity index (χ1n) is 10.9. The minimum absolute atomic E-state index is 0.0301. The lowest BCUT2D eigenvalue weighted by molar-refractivity contribution is -0.140. The molecule has 1 saturated heterocycles. The number of nitrogens with one attached hydrogen (secondary N) is 1. The molecule has 1 fully saturated rings. The van der Waals surface area contributed by atoms with Crippen molar-refractivity contribution in [1.29, 1.82) is 0 Å². The Hall–Kier alpha value is -4.39. The fourth-order valence-electron chi connectivity index (χ4n) is 4.53. The molecule has 1 amide bonds. The topological polar surface area (TPSA) is 95.5 Å². The lowest BCUT2D eigenvalue weighted by Gasteiger charge is -2.25. The third kappa shape index (κ3) is 3.51. The van der Waals surface area contributed by atoms with Gasteiger partial charge < -0.3 is 19.7 Å². The van der Waals surface area contributed by atoms with Gasteiger partial charge in [0.2, 0.25) is 0 Å². The highest BCUT2D eigenvalue weighted by Gasteiger charge is 2.47. The number of aryl methyl sites for hydroxylation is 1. The molecule has 34 heavy (non-hydrogen) atoms. The minimum atomic E-state index is -0.790. The van der Waals surface area contributed by atoms with Crippen LogP contribution >= 0.6 is 0 Å². The minimum Gasteiger partial charge on any atom is -0.507 e. The number of likely N-dealkylation sites (tertiary alicyclic amines) is 1. The quantitative estimate of drug-likeness (QED) is 0.264. The molecule has 0 aliphatic carbocycles. The number of ether oxygens (including phenoxy) is 1. The van der Waals surface area contributed by atoms with Gasteiger partial charge in [0.15, 0.2) is 0 Å². The van der Waals surface area contributed by atoms with E-state index in [1.807, 2.05) is 43.3 Å². The molecule has 7 nitrogen and oxygen atoms in total. The van der Waals surface area contributed by atoms with Crippen LogP contribution in [0, 0.1) is 6.92 Å². The van der Waals surface area contributed by atoms with Crippen molar-refractivity contribution in [3.63, 3.8) is 0 Å². The molecule has 0 radical (unpaired) electrons. The van der Waals surface area contributed by atoms with E-state index in [4.69, 9.17) is 4.74 Å². The lowest BCUT2D eigenvalue weighted by Crippen LogP contribution is -2.29. The van der Waals surface area contributed by atoms with E-state index in [2.05, 4.69) is 9.97 Å². The Morgan fingerprint density at radius 2 is 1.97 bits per heavy atom. The number of pyridine rings is 1. The SMILES string of the molecule is COc1ccc(C)cc1/C(O)=C1\C(=O)C(=O)N(Cc2cccnc2)C1c1c[nH]c2ccccc12. The molecule has 4 aromatic rings. The molecule has 2 N–H and O–H groups in total. The highest BCUT2D eigenvalue weighted by atomic mass is 16.5. The van der Waals surface area contributed by atoms with Gasteiger partial charge in [-0.2, -0.15) is 0 Å². The smallest absolute Gasteiger partial charge is 0.295 e. The van der Waals surface area contributed by atoms with E-state index in [0.29, 0.717) is 11.3 Å². The lowest BCUT2D eigenvalue weighted by atomic mass is 9.94. The van der Waals surface area contributed by atoms with E-state index < -0.39 is 17.7 Å². The maximum absolute atomic E-state index is 13.4. The fourth-order valence-corrected chi connectivity index (χ4v) is 4.53. The van der Waals surface area contributed by atoms with E-state index >= 15 is 0 Å². The normalized spacial score (nSPS) is 17.5. The molecule has 1 aliphatic heterocycles. The van der Waals surface area contributed by atoms with Gasteiger partial charge in [0.25, 0.3) is 11.7 Å². The van der Waals surface area contributed by atoms with Gasteiger partial charge in [0.1, 0.15) is 11.5 Å². The van der Waals surface area contributed by atoms with E-state index in [1.165, 1.54) is 12.0 Å². The number of nitrogens with zero attached hydrogens (tertiary/aromatic N) is 2. The number of benzene rings is 2. The van der Waals surface area contributed by atoms with Gasteiger partial charge in [-0.3, -0.25) is 14.6 Å². The largest absolute Gasteiger partial charge is 0.507 e. The maximum atomic E-state index is 13.4. The number of para-hydroxylation sites is 1. The van der Waals surface area contributed by atoms with Crippen molar-refractivity contribution >= 4 is 28.4 Å². The predicted octanol–water partition coefficient (Wildman–Crippen LogP) is 4.50. The van der Waals surface area contributed by atoms with Crippen LogP contribution in [0.1, 0.15) is 28.3 Å². The van der Waals surface area contributed by atoms with E-state index in [9.17, 15) is 14.7 Å². The molecule has 1 aliphatic rings. The first-order chi connectivity index (χ1) is 16.5. The molecule has 1 atom stereocenters. The maximum Gasteiger partial charge on any atom is 0.295 e. The van der Waals surface area contributed by atoms with E-state index in [0.717, 1.165) is 27.6 Å². The summed E-state index contributed by atoms with van der Waals surface area (Å²) in [6.45, 7) is 2.05. The Kier molecular flexibility index (Phi) is 5.37. The molecule has 7 heteroatoms. The van der Waals surface area contributed by atoms with Crippen LogP contribution in [0.3, 0.4) is 0 Å². The van der Waals surface area contributed by atoms with Crippen molar-refractivity contribution in [3.8, 4) is 5.75 Å². The third-order valence-electron chi connectivity index (χ3n) is 6.14. The van der Waals surface area contributed by atoms with Gasteiger partial charge in [-0.15, -0.1) is 0 Å². The number of aromatic amines is 1. The van der Waals surface area contributed by atoms with Crippen molar-refractivity contribution in [2.24, 2.45) is 0 Å². The number of rotatable bonds is 5. The summed E-state index contributed by atoms with van der Waals surface area (Å²) in [5.41, 5.74) is 3.66. The average Bonchev–Trinajstić information content (AvgIpc) is 3.38. The number of hydrogen-bond acceptors (Lipinski definition) is 5. The summed E-state index contributed by atoms with van der Waals surface area (Å²) in [7, 11) is 1.50. The zero-order chi connectivity index (χ0) is 23.8. The summed E-state index contributed by atoms with van der Waals surface area (Å²) >= 11 is 0. The number of carbonyl (C=O) groups excluding carboxylic acids is 2. The number of aliphatic hydroxyl groups excluding tert-OH is 1. The van der Waals surface area contributed by atoms with Gasteiger partial charge in [0.05, 0.1) is 24.3 Å². The monoisotopic (exact) mass is 453 g/mol. The molecule has 2 aromatic heterocycles. The zero-order valence-electron chi connectivity index (χ0n) is 18.8. The number of methoxy groups -OCH3 is 1. The molecular formula is C27H23N3O4.